The molecule has 1 rings (SSSR count). The number of hydrogen-bond donors (Lipinski definition) is 0. The standard InChI is InChI=1S/C11H17ClN2OS/c1-11(2,3)9-7-6-8(12)10(13-9)14-16(4,5)15/h6-7H,1-5H3. The fourth-order valence-electron chi connectivity index (χ4n) is 1.12. The van der Waals surface area contributed by atoms with E-state index in [1.54, 1.807) is 18.6 Å². The SMILES string of the molecule is CC(C)(C)c1ccc(Cl)c(N=S(C)(C)=O)n1. The van der Waals surface area contributed by atoms with Crippen LogP contribution in [0.2, 0.25) is 5.02 Å². The van der Waals surface area contributed by atoms with E-state index in [4.69, 9.17) is 11.6 Å². The predicted octanol–water partition coefficient (Wildman–Crippen LogP) is 3.39. The molecule has 0 atom stereocenters. The molecule has 0 aliphatic heterocycles. The zero-order valence-corrected chi connectivity index (χ0v) is 11.8. The lowest BCUT2D eigenvalue weighted by molar-refractivity contribution is 0.569. The Morgan fingerprint density at radius 1 is 1.31 bits per heavy atom. The third kappa shape index (κ3) is 3.76. The quantitative estimate of drug-likeness (QED) is 0.777. The zero-order chi connectivity index (χ0) is 12.6. The van der Waals surface area contributed by atoms with Crippen molar-refractivity contribution in [2.75, 3.05) is 12.5 Å². The van der Waals surface area contributed by atoms with E-state index in [1.165, 1.54) is 0 Å². The fourth-order valence-corrected chi connectivity index (χ4v) is 1.87. The van der Waals surface area contributed by atoms with Gasteiger partial charge in [0.05, 0.1) is 5.02 Å². The highest BCUT2D eigenvalue weighted by atomic mass is 35.5. The molecule has 0 radical (unpaired) electrons. The number of rotatable bonds is 1. The highest BCUT2D eigenvalue weighted by Crippen LogP contribution is 2.28. The molecular formula is C11H17ClN2OS. The molecule has 0 bridgehead atoms. The Bertz CT molecular complexity index is 503. The molecule has 0 spiro atoms. The monoisotopic (exact) mass is 260 g/mol. The molecule has 0 N–H and O–H groups in total. The summed E-state index contributed by atoms with van der Waals surface area (Å²) in [4.78, 5) is 4.35. The van der Waals surface area contributed by atoms with Crippen molar-refractivity contribution in [1.29, 1.82) is 0 Å². The first kappa shape index (κ1) is 13.5. The number of halogens is 1. The number of nitrogens with zero attached hydrogens (tertiary/aromatic N) is 2. The van der Waals surface area contributed by atoms with Crippen LogP contribution in [0.15, 0.2) is 16.5 Å². The van der Waals surface area contributed by atoms with Gasteiger partial charge >= 0.3 is 0 Å². The van der Waals surface area contributed by atoms with Gasteiger partial charge in [-0.3, -0.25) is 0 Å². The van der Waals surface area contributed by atoms with E-state index >= 15 is 0 Å². The second kappa shape index (κ2) is 4.34. The van der Waals surface area contributed by atoms with Crippen molar-refractivity contribution in [3.05, 3.63) is 22.8 Å². The summed E-state index contributed by atoms with van der Waals surface area (Å²) in [5.74, 6) is 0.365. The first-order valence-corrected chi connectivity index (χ1v) is 7.65. The van der Waals surface area contributed by atoms with E-state index < -0.39 is 9.73 Å². The number of pyridine rings is 1. The van der Waals surface area contributed by atoms with Crippen LogP contribution in [0.1, 0.15) is 26.5 Å². The second-order valence-electron chi connectivity index (χ2n) is 5.02. The van der Waals surface area contributed by atoms with Gasteiger partial charge in [0, 0.05) is 33.3 Å². The fraction of sp³-hybridized carbons (Fsp3) is 0.545. The van der Waals surface area contributed by atoms with Crippen LogP contribution in [0.4, 0.5) is 5.82 Å². The Balaban J connectivity index is 3.37. The third-order valence-corrected chi connectivity index (χ3v) is 2.81. The van der Waals surface area contributed by atoms with Crippen LogP contribution in [0, 0.1) is 0 Å². The van der Waals surface area contributed by atoms with Crippen molar-refractivity contribution >= 4 is 27.1 Å². The molecule has 0 unspecified atom stereocenters. The summed E-state index contributed by atoms with van der Waals surface area (Å²) in [6.45, 7) is 6.17. The van der Waals surface area contributed by atoms with Crippen molar-refractivity contribution in [2.45, 2.75) is 26.2 Å². The van der Waals surface area contributed by atoms with Gasteiger partial charge in [-0.25, -0.2) is 9.19 Å². The molecule has 0 aliphatic rings. The molecule has 0 aliphatic carbocycles. The highest BCUT2D eigenvalue weighted by Gasteiger charge is 2.17. The summed E-state index contributed by atoms with van der Waals surface area (Å²) in [5, 5.41) is 0.435. The van der Waals surface area contributed by atoms with Crippen molar-refractivity contribution < 1.29 is 4.21 Å². The van der Waals surface area contributed by atoms with Crippen molar-refractivity contribution in [1.82, 2.24) is 4.98 Å². The normalized spacial score (nSPS) is 12.6. The van der Waals surface area contributed by atoms with Crippen LogP contribution in [0.25, 0.3) is 0 Å². The van der Waals surface area contributed by atoms with Crippen LogP contribution < -0.4 is 0 Å². The molecule has 1 aromatic rings. The van der Waals surface area contributed by atoms with Crippen LogP contribution in [0.3, 0.4) is 0 Å². The lowest BCUT2D eigenvalue weighted by atomic mass is 9.92. The van der Waals surface area contributed by atoms with Gasteiger partial charge in [-0.2, -0.15) is 4.36 Å². The van der Waals surface area contributed by atoms with Gasteiger partial charge in [-0.15, -0.1) is 0 Å². The highest BCUT2D eigenvalue weighted by molar-refractivity contribution is 7.92. The molecule has 1 aromatic heterocycles. The summed E-state index contributed by atoms with van der Waals surface area (Å²) in [6.07, 6.45) is 3.13. The van der Waals surface area contributed by atoms with E-state index in [-0.39, 0.29) is 5.41 Å². The Labute approximate surface area is 102 Å². The van der Waals surface area contributed by atoms with Crippen molar-refractivity contribution in [3.63, 3.8) is 0 Å². The second-order valence-corrected chi connectivity index (χ2v) is 7.98. The maximum absolute atomic E-state index is 11.6. The molecule has 90 valence electrons. The van der Waals surface area contributed by atoms with E-state index in [0.717, 1.165) is 5.69 Å². The van der Waals surface area contributed by atoms with Gasteiger partial charge in [-0.1, -0.05) is 32.4 Å². The summed E-state index contributed by atoms with van der Waals surface area (Å²) in [5.41, 5.74) is 0.816. The van der Waals surface area contributed by atoms with Gasteiger partial charge in [0.2, 0.25) is 0 Å². The van der Waals surface area contributed by atoms with E-state index in [1.807, 2.05) is 6.07 Å². The van der Waals surface area contributed by atoms with Crippen LogP contribution >= 0.6 is 11.6 Å². The van der Waals surface area contributed by atoms with Crippen molar-refractivity contribution in [3.8, 4) is 0 Å². The maximum atomic E-state index is 11.6. The van der Waals surface area contributed by atoms with Crippen molar-refractivity contribution in [2.24, 2.45) is 4.36 Å². The first-order valence-electron chi connectivity index (χ1n) is 4.94. The minimum Gasteiger partial charge on any atom is -0.250 e. The van der Waals surface area contributed by atoms with Gasteiger partial charge in [0.1, 0.15) is 0 Å². The van der Waals surface area contributed by atoms with Gasteiger partial charge < -0.3 is 0 Å². The molecule has 0 saturated carbocycles. The van der Waals surface area contributed by atoms with E-state index in [0.29, 0.717) is 10.8 Å². The smallest absolute Gasteiger partial charge is 0.180 e. The van der Waals surface area contributed by atoms with Crippen LogP contribution in [0.5, 0.6) is 0 Å². The van der Waals surface area contributed by atoms with Crippen LogP contribution in [-0.4, -0.2) is 21.7 Å². The molecule has 0 aromatic carbocycles. The largest absolute Gasteiger partial charge is 0.250 e. The molecule has 0 saturated heterocycles. The molecular weight excluding hydrogens is 244 g/mol. The van der Waals surface area contributed by atoms with Gasteiger partial charge in [-0.05, 0) is 12.1 Å². The lowest BCUT2D eigenvalue weighted by Gasteiger charge is -2.18. The third-order valence-electron chi connectivity index (χ3n) is 1.90. The maximum Gasteiger partial charge on any atom is 0.180 e. The Morgan fingerprint density at radius 2 is 1.88 bits per heavy atom. The first-order chi connectivity index (χ1) is 7.09. The van der Waals surface area contributed by atoms with Gasteiger partial charge in [0.25, 0.3) is 0 Å². The minimum atomic E-state index is -2.23. The lowest BCUT2D eigenvalue weighted by Crippen LogP contribution is -2.13. The Hall–Kier alpha value is -0.610. The average molecular weight is 261 g/mol. The molecule has 3 nitrogen and oxygen atoms in total. The molecule has 1 heterocycles. The Morgan fingerprint density at radius 3 is 2.31 bits per heavy atom. The topological polar surface area (TPSA) is 42.3 Å². The number of aromatic nitrogens is 1. The molecule has 0 fully saturated rings. The summed E-state index contributed by atoms with van der Waals surface area (Å²) < 4.78 is 15.7. The van der Waals surface area contributed by atoms with E-state index in [9.17, 15) is 4.21 Å². The summed E-state index contributed by atoms with van der Waals surface area (Å²) in [7, 11) is -2.23. The average Bonchev–Trinajstić information content (AvgIpc) is 2.04. The predicted molar refractivity (Wildman–Crippen MR) is 70.0 cm³/mol. The zero-order valence-electron chi connectivity index (χ0n) is 10.2. The molecule has 0 amide bonds. The van der Waals surface area contributed by atoms with Gasteiger partial charge in [0.15, 0.2) is 5.82 Å². The molecule has 16 heavy (non-hydrogen) atoms. The number of hydrogen-bond acceptors (Lipinski definition) is 3. The van der Waals surface area contributed by atoms with Crippen LogP contribution in [-0.2, 0) is 15.1 Å². The Kier molecular flexibility index (Phi) is 3.65. The van der Waals surface area contributed by atoms with E-state index in [2.05, 4.69) is 30.1 Å². The summed E-state index contributed by atoms with van der Waals surface area (Å²) in [6, 6.07) is 3.62. The minimum absolute atomic E-state index is 0.0722. The molecule has 5 heteroatoms. The summed E-state index contributed by atoms with van der Waals surface area (Å²) >= 11 is 5.97.